The maximum absolute atomic E-state index is 6.21. The molecule has 4 aromatic rings. The molecule has 0 radical (unpaired) electrons. The number of ether oxygens (including phenoxy) is 2. The van der Waals surface area contributed by atoms with Crippen molar-refractivity contribution in [1.82, 2.24) is 20.2 Å². The molecule has 8 heteroatoms. The third-order valence-electron chi connectivity index (χ3n) is 4.62. The number of aryl methyl sites for hydroxylation is 1. The van der Waals surface area contributed by atoms with Crippen molar-refractivity contribution in [2.45, 2.75) is 20.4 Å². The zero-order chi connectivity index (χ0) is 21.6. The first-order valence-electron chi connectivity index (χ1n) is 9.91. The number of rotatable bonds is 8. The van der Waals surface area contributed by atoms with Crippen LogP contribution in [0.2, 0.25) is 5.02 Å². The van der Waals surface area contributed by atoms with Gasteiger partial charge >= 0.3 is 6.01 Å². The SMILES string of the molecule is CCOc1cc(CNc2ccc(C)c(Cl)c2)ccc1Oc1nnnn1-c1ccccc1. The zero-order valence-corrected chi connectivity index (χ0v) is 18.0. The Kier molecular flexibility index (Phi) is 6.33. The van der Waals surface area contributed by atoms with Gasteiger partial charge in [-0.2, -0.15) is 4.68 Å². The van der Waals surface area contributed by atoms with Crippen LogP contribution in [0.1, 0.15) is 18.1 Å². The van der Waals surface area contributed by atoms with E-state index in [1.807, 2.05) is 80.6 Å². The quantitative estimate of drug-likeness (QED) is 0.398. The molecule has 1 aromatic heterocycles. The predicted molar refractivity (Wildman–Crippen MR) is 120 cm³/mol. The number of nitrogens with one attached hydrogen (secondary N) is 1. The monoisotopic (exact) mass is 435 g/mol. The summed E-state index contributed by atoms with van der Waals surface area (Å²) in [5.74, 6) is 1.15. The van der Waals surface area contributed by atoms with Crippen LogP contribution in [0.15, 0.2) is 66.7 Å². The number of aromatic nitrogens is 4. The Bertz CT molecular complexity index is 1160. The van der Waals surface area contributed by atoms with Gasteiger partial charge in [0.15, 0.2) is 11.5 Å². The van der Waals surface area contributed by atoms with Gasteiger partial charge in [-0.1, -0.05) is 47.0 Å². The third kappa shape index (κ3) is 4.95. The van der Waals surface area contributed by atoms with Gasteiger partial charge in [0, 0.05) is 17.3 Å². The molecule has 0 aliphatic heterocycles. The van der Waals surface area contributed by atoms with Gasteiger partial charge < -0.3 is 14.8 Å². The summed E-state index contributed by atoms with van der Waals surface area (Å²) in [6.45, 7) is 5.02. The molecule has 0 saturated heterocycles. The van der Waals surface area contributed by atoms with Crippen LogP contribution in [0, 0.1) is 6.92 Å². The van der Waals surface area contributed by atoms with Crippen LogP contribution >= 0.6 is 11.6 Å². The average molecular weight is 436 g/mol. The van der Waals surface area contributed by atoms with Gasteiger partial charge in [0.05, 0.1) is 12.3 Å². The van der Waals surface area contributed by atoms with Gasteiger partial charge in [-0.3, -0.25) is 0 Å². The van der Waals surface area contributed by atoms with Gasteiger partial charge in [0.2, 0.25) is 0 Å². The van der Waals surface area contributed by atoms with Crippen molar-refractivity contribution < 1.29 is 9.47 Å². The molecule has 0 amide bonds. The number of benzene rings is 3. The molecule has 0 aliphatic carbocycles. The molecule has 0 unspecified atom stereocenters. The molecular weight excluding hydrogens is 414 g/mol. The summed E-state index contributed by atoms with van der Waals surface area (Å²) >= 11 is 6.21. The lowest BCUT2D eigenvalue weighted by Gasteiger charge is -2.14. The molecule has 31 heavy (non-hydrogen) atoms. The Labute approximate surface area is 185 Å². The molecule has 0 aliphatic rings. The molecule has 1 heterocycles. The second-order valence-corrected chi connectivity index (χ2v) is 7.25. The van der Waals surface area contributed by atoms with Crippen LogP contribution in [0.4, 0.5) is 5.69 Å². The molecule has 158 valence electrons. The molecule has 0 fully saturated rings. The van der Waals surface area contributed by atoms with Gasteiger partial charge in [-0.05, 0) is 71.8 Å². The van der Waals surface area contributed by atoms with Gasteiger partial charge in [-0.25, -0.2) is 0 Å². The van der Waals surface area contributed by atoms with E-state index in [4.69, 9.17) is 21.1 Å². The van der Waals surface area contributed by atoms with Crippen molar-refractivity contribution in [3.63, 3.8) is 0 Å². The van der Waals surface area contributed by atoms with E-state index in [-0.39, 0.29) is 6.01 Å². The Morgan fingerprint density at radius 3 is 2.61 bits per heavy atom. The van der Waals surface area contributed by atoms with Crippen molar-refractivity contribution in [3.05, 3.63) is 82.9 Å². The van der Waals surface area contributed by atoms with Gasteiger partial charge in [-0.15, -0.1) is 0 Å². The minimum Gasteiger partial charge on any atom is -0.490 e. The Morgan fingerprint density at radius 2 is 1.84 bits per heavy atom. The lowest BCUT2D eigenvalue weighted by Crippen LogP contribution is -2.03. The van der Waals surface area contributed by atoms with Crippen LogP contribution in [0.3, 0.4) is 0 Å². The van der Waals surface area contributed by atoms with Crippen molar-refractivity contribution >= 4 is 17.3 Å². The van der Waals surface area contributed by atoms with E-state index >= 15 is 0 Å². The molecule has 4 rings (SSSR count). The summed E-state index contributed by atoms with van der Waals surface area (Å²) in [5.41, 5.74) is 3.84. The van der Waals surface area contributed by atoms with Crippen molar-refractivity contribution in [2.75, 3.05) is 11.9 Å². The predicted octanol–water partition coefficient (Wildman–Crippen LogP) is 5.43. The first-order chi connectivity index (χ1) is 15.1. The van der Waals surface area contributed by atoms with Gasteiger partial charge in [0.1, 0.15) is 0 Å². The second kappa shape index (κ2) is 9.49. The molecule has 0 bridgehead atoms. The highest BCUT2D eigenvalue weighted by molar-refractivity contribution is 6.31. The summed E-state index contributed by atoms with van der Waals surface area (Å²) in [7, 11) is 0. The first-order valence-corrected chi connectivity index (χ1v) is 10.3. The number of halogens is 1. The smallest absolute Gasteiger partial charge is 0.346 e. The lowest BCUT2D eigenvalue weighted by molar-refractivity contribution is 0.315. The third-order valence-corrected chi connectivity index (χ3v) is 5.03. The average Bonchev–Trinajstić information content (AvgIpc) is 3.25. The summed E-state index contributed by atoms with van der Waals surface area (Å²) < 4.78 is 13.3. The van der Waals surface area contributed by atoms with E-state index in [9.17, 15) is 0 Å². The summed E-state index contributed by atoms with van der Waals surface area (Å²) in [6, 6.07) is 21.5. The Balaban J connectivity index is 1.53. The topological polar surface area (TPSA) is 74.1 Å². The van der Waals surface area contributed by atoms with E-state index in [0.717, 1.165) is 27.5 Å². The van der Waals surface area contributed by atoms with Crippen LogP contribution in [0.25, 0.3) is 5.69 Å². The van der Waals surface area contributed by atoms with E-state index in [1.54, 1.807) is 0 Å². The number of hydrogen-bond acceptors (Lipinski definition) is 6. The van der Waals surface area contributed by atoms with Crippen LogP contribution in [0.5, 0.6) is 17.5 Å². The highest BCUT2D eigenvalue weighted by Gasteiger charge is 2.14. The number of hydrogen-bond donors (Lipinski definition) is 1. The summed E-state index contributed by atoms with van der Waals surface area (Å²) in [5, 5.41) is 15.9. The Hall–Kier alpha value is -3.58. The van der Waals surface area contributed by atoms with Crippen LogP contribution < -0.4 is 14.8 Å². The van der Waals surface area contributed by atoms with E-state index in [2.05, 4.69) is 20.8 Å². The summed E-state index contributed by atoms with van der Waals surface area (Å²) in [6.07, 6.45) is 0. The highest BCUT2D eigenvalue weighted by atomic mass is 35.5. The maximum Gasteiger partial charge on any atom is 0.346 e. The molecule has 7 nitrogen and oxygen atoms in total. The number of tetrazole rings is 1. The maximum atomic E-state index is 6.21. The zero-order valence-electron chi connectivity index (χ0n) is 17.2. The summed E-state index contributed by atoms with van der Waals surface area (Å²) in [4.78, 5) is 0. The standard InChI is InChI=1S/C23H22ClN5O2/c1-3-30-22-13-17(15-25-18-11-9-16(2)20(24)14-18)10-12-21(22)31-23-26-27-28-29(23)19-7-5-4-6-8-19/h4-14,25H,3,15H2,1-2H3. The van der Waals surface area contributed by atoms with Gasteiger partial charge in [0.25, 0.3) is 0 Å². The fraction of sp³-hybridized carbons (Fsp3) is 0.174. The molecule has 0 spiro atoms. The normalized spacial score (nSPS) is 10.7. The lowest BCUT2D eigenvalue weighted by atomic mass is 10.2. The second-order valence-electron chi connectivity index (χ2n) is 6.84. The van der Waals surface area contributed by atoms with Crippen LogP contribution in [-0.2, 0) is 6.54 Å². The van der Waals surface area contributed by atoms with E-state index in [1.165, 1.54) is 4.68 Å². The Morgan fingerprint density at radius 1 is 1.00 bits per heavy atom. The largest absolute Gasteiger partial charge is 0.490 e. The molecule has 0 atom stereocenters. The van der Waals surface area contributed by atoms with E-state index in [0.29, 0.717) is 24.7 Å². The number of anilines is 1. The first kappa shape index (κ1) is 20.7. The van der Waals surface area contributed by atoms with Crippen LogP contribution in [-0.4, -0.2) is 26.8 Å². The van der Waals surface area contributed by atoms with Crippen molar-refractivity contribution in [3.8, 4) is 23.2 Å². The fourth-order valence-electron chi connectivity index (χ4n) is 2.99. The highest BCUT2D eigenvalue weighted by Crippen LogP contribution is 2.32. The molecule has 0 saturated carbocycles. The molecule has 1 N–H and O–H groups in total. The minimum atomic E-state index is 0.257. The van der Waals surface area contributed by atoms with E-state index < -0.39 is 0 Å². The number of nitrogens with zero attached hydrogens (tertiary/aromatic N) is 4. The number of para-hydroxylation sites is 1. The fourth-order valence-corrected chi connectivity index (χ4v) is 3.17. The van der Waals surface area contributed by atoms with Crippen molar-refractivity contribution in [1.29, 1.82) is 0 Å². The minimum absolute atomic E-state index is 0.257. The molecular formula is C23H22ClN5O2. The van der Waals surface area contributed by atoms with Crippen molar-refractivity contribution in [2.24, 2.45) is 0 Å². The molecule has 3 aromatic carbocycles.